The van der Waals surface area contributed by atoms with Crippen molar-refractivity contribution in [3.05, 3.63) is 42.0 Å². The Morgan fingerprint density at radius 3 is 2.72 bits per heavy atom. The standard InChI is InChI=1S/C21H28N2O2/c1-3-23(4-2)21(25)17-9-7-13-22(14-17)15-19-18-10-6-5-8-16(18)11-12-20(19)24/h5-6,8,10-12,17,24H,3-4,7,9,13-15H2,1-2H3. The number of benzene rings is 2. The average molecular weight is 340 g/mol. The highest BCUT2D eigenvalue weighted by Crippen LogP contribution is 2.30. The molecule has 0 saturated carbocycles. The van der Waals surface area contributed by atoms with Crippen molar-refractivity contribution >= 4 is 16.7 Å². The molecular formula is C21H28N2O2. The molecule has 1 unspecified atom stereocenters. The molecule has 0 aliphatic carbocycles. The Kier molecular flexibility index (Phi) is 5.59. The zero-order valence-electron chi connectivity index (χ0n) is 15.2. The molecule has 3 rings (SSSR count). The van der Waals surface area contributed by atoms with Gasteiger partial charge in [-0.05, 0) is 50.1 Å². The number of phenols is 1. The minimum absolute atomic E-state index is 0.0748. The monoisotopic (exact) mass is 340 g/mol. The molecule has 1 fully saturated rings. The summed E-state index contributed by atoms with van der Waals surface area (Å²) < 4.78 is 0. The molecule has 2 aromatic carbocycles. The van der Waals surface area contributed by atoms with Crippen LogP contribution in [0.1, 0.15) is 32.3 Å². The van der Waals surface area contributed by atoms with Crippen molar-refractivity contribution in [2.75, 3.05) is 26.2 Å². The van der Waals surface area contributed by atoms with Crippen LogP contribution < -0.4 is 0 Å². The summed E-state index contributed by atoms with van der Waals surface area (Å²) in [6, 6.07) is 11.9. The summed E-state index contributed by atoms with van der Waals surface area (Å²) >= 11 is 0. The van der Waals surface area contributed by atoms with Gasteiger partial charge in [0.2, 0.25) is 5.91 Å². The van der Waals surface area contributed by atoms with Gasteiger partial charge in [0.25, 0.3) is 0 Å². The molecule has 1 saturated heterocycles. The highest BCUT2D eigenvalue weighted by Gasteiger charge is 2.28. The van der Waals surface area contributed by atoms with Gasteiger partial charge in [0.05, 0.1) is 5.92 Å². The van der Waals surface area contributed by atoms with E-state index >= 15 is 0 Å². The van der Waals surface area contributed by atoms with Crippen LogP contribution in [0.25, 0.3) is 10.8 Å². The van der Waals surface area contributed by atoms with Crippen LogP contribution in [0.4, 0.5) is 0 Å². The molecule has 0 aromatic heterocycles. The third-order valence-corrected chi connectivity index (χ3v) is 5.33. The van der Waals surface area contributed by atoms with Gasteiger partial charge in [-0.1, -0.05) is 30.3 Å². The Morgan fingerprint density at radius 1 is 1.20 bits per heavy atom. The van der Waals surface area contributed by atoms with Crippen LogP contribution in [0, 0.1) is 5.92 Å². The second-order valence-corrected chi connectivity index (χ2v) is 6.87. The van der Waals surface area contributed by atoms with E-state index in [0.29, 0.717) is 12.3 Å². The molecule has 0 bridgehead atoms. The third-order valence-electron chi connectivity index (χ3n) is 5.33. The van der Waals surface area contributed by atoms with E-state index in [1.807, 2.05) is 36.9 Å². The number of aromatic hydroxyl groups is 1. The summed E-state index contributed by atoms with van der Waals surface area (Å²) in [5.74, 6) is 0.693. The van der Waals surface area contributed by atoms with E-state index in [1.54, 1.807) is 6.07 Å². The number of amides is 1. The quantitative estimate of drug-likeness (QED) is 0.904. The molecule has 25 heavy (non-hydrogen) atoms. The van der Waals surface area contributed by atoms with E-state index in [4.69, 9.17) is 0 Å². The topological polar surface area (TPSA) is 43.8 Å². The van der Waals surface area contributed by atoms with Crippen molar-refractivity contribution < 1.29 is 9.90 Å². The first-order valence-electron chi connectivity index (χ1n) is 9.34. The molecule has 1 aliphatic heterocycles. The molecule has 0 spiro atoms. The molecule has 4 nitrogen and oxygen atoms in total. The van der Waals surface area contributed by atoms with Gasteiger partial charge in [0, 0.05) is 31.7 Å². The van der Waals surface area contributed by atoms with Gasteiger partial charge in [0.1, 0.15) is 5.75 Å². The fourth-order valence-corrected chi connectivity index (χ4v) is 3.91. The Hall–Kier alpha value is -2.07. The van der Waals surface area contributed by atoms with Gasteiger partial charge in [-0.3, -0.25) is 9.69 Å². The summed E-state index contributed by atoms with van der Waals surface area (Å²) in [6.45, 7) is 8.07. The van der Waals surface area contributed by atoms with Crippen LogP contribution in [0.5, 0.6) is 5.75 Å². The lowest BCUT2D eigenvalue weighted by molar-refractivity contribution is -0.137. The maximum atomic E-state index is 12.7. The Bertz CT molecular complexity index is 740. The number of piperidine rings is 1. The number of rotatable bonds is 5. The third kappa shape index (κ3) is 3.79. The number of phenolic OH excluding ortho intramolecular Hbond substituents is 1. The molecule has 1 N–H and O–H groups in total. The Morgan fingerprint density at radius 2 is 1.96 bits per heavy atom. The van der Waals surface area contributed by atoms with E-state index < -0.39 is 0 Å². The lowest BCUT2D eigenvalue weighted by Gasteiger charge is -2.34. The first kappa shape index (κ1) is 17.7. The van der Waals surface area contributed by atoms with Gasteiger partial charge in [-0.2, -0.15) is 0 Å². The van der Waals surface area contributed by atoms with Crippen molar-refractivity contribution in [3.8, 4) is 5.75 Å². The molecule has 0 radical (unpaired) electrons. The SMILES string of the molecule is CCN(CC)C(=O)C1CCCN(Cc2c(O)ccc3ccccc23)C1. The largest absolute Gasteiger partial charge is 0.508 e. The van der Waals surface area contributed by atoms with Crippen LogP contribution in [-0.2, 0) is 11.3 Å². The molecular weight excluding hydrogens is 312 g/mol. The molecule has 1 amide bonds. The average Bonchev–Trinajstić information content (AvgIpc) is 2.65. The minimum Gasteiger partial charge on any atom is -0.508 e. The normalized spacial score (nSPS) is 18.4. The van der Waals surface area contributed by atoms with Crippen molar-refractivity contribution in [2.45, 2.75) is 33.2 Å². The van der Waals surface area contributed by atoms with Gasteiger partial charge >= 0.3 is 0 Å². The van der Waals surface area contributed by atoms with Crippen LogP contribution in [0.15, 0.2) is 36.4 Å². The lowest BCUT2D eigenvalue weighted by Crippen LogP contribution is -2.44. The van der Waals surface area contributed by atoms with Gasteiger partial charge in [0.15, 0.2) is 0 Å². The van der Waals surface area contributed by atoms with Gasteiger partial charge in [-0.25, -0.2) is 0 Å². The van der Waals surface area contributed by atoms with E-state index in [0.717, 1.165) is 55.4 Å². The first-order chi connectivity index (χ1) is 12.1. The second-order valence-electron chi connectivity index (χ2n) is 6.87. The van der Waals surface area contributed by atoms with Crippen LogP contribution in [0.2, 0.25) is 0 Å². The predicted octanol–water partition coefficient (Wildman–Crippen LogP) is 3.63. The fourth-order valence-electron chi connectivity index (χ4n) is 3.91. The number of carbonyl (C=O) groups is 1. The van der Waals surface area contributed by atoms with E-state index in [9.17, 15) is 9.90 Å². The smallest absolute Gasteiger partial charge is 0.226 e. The van der Waals surface area contributed by atoms with Crippen molar-refractivity contribution in [1.82, 2.24) is 9.80 Å². The molecule has 134 valence electrons. The maximum Gasteiger partial charge on any atom is 0.226 e. The number of hydrogen-bond acceptors (Lipinski definition) is 3. The number of likely N-dealkylation sites (tertiary alicyclic amines) is 1. The predicted molar refractivity (Wildman–Crippen MR) is 102 cm³/mol. The summed E-state index contributed by atoms with van der Waals surface area (Å²) in [5.41, 5.74) is 0.967. The van der Waals surface area contributed by atoms with E-state index in [1.165, 1.54) is 0 Å². The molecule has 1 atom stereocenters. The van der Waals surface area contributed by atoms with Crippen LogP contribution in [-0.4, -0.2) is 47.0 Å². The van der Waals surface area contributed by atoms with Crippen LogP contribution >= 0.6 is 0 Å². The summed E-state index contributed by atoms with van der Waals surface area (Å²) in [7, 11) is 0. The van der Waals surface area contributed by atoms with Gasteiger partial charge < -0.3 is 10.0 Å². The first-order valence-corrected chi connectivity index (χ1v) is 9.34. The fraction of sp³-hybridized carbons (Fsp3) is 0.476. The molecule has 1 aliphatic rings. The van der Waals surface area contributed by atoms with Crippen molar-refractivity contribution in [1.29, 1.82) is 0 Å². The van der Waals surface area contributed by atoms with E-state index in [2.05, 4.69) is 17.0 Å². The number of fused-ring (bicyclic) bond motifs is 1. The summed E-state index contributed by atoms with van der Waals surface area (Å²) in [5, 5.41) is 12.6. The van der Waals surface area contributed by atoms with Crippen molar-refractivity contribution in [3.63, 3.8) is 0 Å². The second kappa shape index (κ2) is 7.87. The molecule has 4 heteroatoms. The zero-order chi connectivity index (χ0) is 17.8. The van der Waals surface area contributed by atoms with E-state index in [-0.39, 0.29) is 11.8 Å². The maximum absolute atomic E-state index is 12.7. The van der Waals surface area contributed by atoms with Crippen LogP contribution in [0.3, 0.4) is 0 Å². The number of nitrogens with zero attached hydrogens (tertiary/aromatic N) is 2. The Balaban J connectivity index is 1.77. The Labute approximate surface area is 150 Å². The zero-order valence-corrected chi connectivity index (χ0v) is 15.2. The minimum atomic E-state index is 0.0748. The van der Waals surface area contributed by atoms with Gasteiger partial charge in [-0.15, -0.1) is 0 Å². The molecule has 1 heterocycles. The summed E-state index contributed by atoms with van der Waals surface area (Å²) in [4.78, 5) is 16.9. The highest BCUT2D eigenvalue weighted by atomic mass is 16.3. The number of hydrogen-bond donors (Lipinski definition) is 1. The molecule has 2 aromatic rings. The van der Waals surface area contributed by atoms with Crippen molar-refractivity contribution in [2.24, 2.45) is 5.92 Å². The summed E-state index contributed by atoms with van der Waals surface area (Å²) in [6.07, 6.45) is 2.00. The lowest BCUT2D eigenvalue weighted by atomic mass is 9.95. The number of carbonyl (C=O) groups excluding carboxylic acids is 1. The highest BCUT2D eigenvalue weighted by molar-refractivity contribution is 5.87.